The maximum Gasteiger partial charge on any atom is 0.123 e. The average Bonchev–Trinajstić information content (AvgIpc) is 2.25. The van der Waals surface area contributed by atoms with E-state index in [4.69, 9.17) is 0 Å². The molecule has 0 aliphatic rings. The largest absolute Gasteiger partial charge is 0.507 e. The number of hydrogen-bond donors (Lipinski definition) is 1. The molecule has 0 amide bonds. The van der Waals surface area contributed by atoms with Crippen molar-refractivity contribution in [3.05, 3.63) is 52.0 Å². The van der Waals surface area contributed by atoms with E-state index in [0.29, 0.717) is 5.75 Å². The normalized spacial score (nSPS) is 10.4. The van der Waals surface area contributed by atoms with Gasteiger partial charge in [0.05, 0.1) is 0 Å². The van der Waals surface area contributed by atoms with Crippen molar-refractivity contribution in [2.24, 2.45) is 0 Å². The molecule has 0 radical (unpaired) electrons. The van der Waals surface area contributed by atoms with Gasteiger partial charge in [-0.1, -0.05) is 33.6 Å². The minimum Gasteiger partial charge on any atom is -0.507 e. The molecule has 2 heteroatoms. The van der Waals surface area contributed by atoms with Crippen molar-refractivity contribution >= 4 is 15.9 Å². The van der Waals surface area contributed by atoms with Crippen LogP contribution in [0.25, 0.3) is 11.1 Å². The van der Waals surface area contributed by atoms with Gasteiger partial charge in [-0.25, -0.2) is 0 Å². The lowest BCUT2D eigenvalue weighted by Crippen LogP contribution is -1.85. The summed E-state index contributed by atoms with van der Waals surface area (Å²) in [5.74, 6) is 0.326. The van der Waals surface area contributed by atoms with E-state index >= 15 is 0 Å². The van der Waals surface area contributed by atoms with Crippen LogP contribution in [0.15, 0.2) is 40.9 Å². The lowest BCUT2D eigenvalue weighted by atomic mass is 9.98. The smallest absolute Gasteiger partial charge is 0.123 e. The second-order valence-electron chi connectivity index (χ2n) is 3.98. The molecule has 0 heterocycles. The van der Waals surface area contributed by atoms with Crippen molar-refractivity contribution in [3.8, 4) is 16.9 Å². The number of halogens is 1. The fourth-order valence-electron chi connectivity index (χ4n) is 1.75. The van der Waals surface area contributed by atoms with E-state index in [9.17, 15) is 5.11 Å². The highest BCUT2D eigenvalue weighted by atomic mass is 79.9. The number of phenols is 1. The molecule has 1 N–H and O–H groups in total. The Hall–Kier alpha value is -1.28. The molecule has 0 aromatic heterocycles. The predicted octanol–water partition coefficient (Wildman–Crippen LogP) is 4.44. The molecular formula is C14H13BrO. The van der Waals surface area contributed by atoms with Crippen LogP contribution in [0.5, 0.6) is 5.75 Å². The lowest BCUT2D eigenvalue weighted by Gasteiger charge is -2.09. The van der Waals surface area contributed by atoms with Gasteiger partial charge in [0.25, 0.3) is 0 Å². The highest BCUT2D eigenvalue weighted by Gasteiger charge is 2.07. The number of rotatable bonds is 1. The van der Waals surface area contributed by atoms with Crippen LogP contribution in [-0.2, 0) is 0 Å². The minimum absolute atomic E-state index is 0.326. The predicted molar refractivity (Wildman–Crippen MR) is 70.7 cm³/mol. The second kappa shape index (κ2) is 4.30. The number of aromatic hydroxyl groups is 1. The quantitative estimate of drug-likeness (QED) is 0.817. The van der Waals surface area contributed by atoms with E-state index in [1.54, 1.807) is 6.07 Å². The van der Waals surface area contributed by atoms with Gasteiger partial charge in [-0.05, 0) is 49.2 Å². The summed E-state index contributed by atoms with van der Waals surface area (Å²) in [5.41, 5.74) is 4.26. The van der Waals surface area contributed by atoms with Crippen molar-refractivity contribution in [3.63, 3.8) is 0 Å². The zero-order valence-electron chi connectivity index (χ0n) is 9.29. The van der Waals surface area contributed by atoms with Crippen LogP contribution in [0, 0.1) is 13.8 Å². The molecule has 16 heavy (non-hydrogen) atoms. The number of phenolic OH excluding ortho intramolecular Hbond substituents is 1. The fourth-order valence-corrected chi connectivity index (χ4v) is 2.11. The third-order valence-electron chi connectivity index (χ3n) is 2.64. The van der Waals surface area contributed by atoms with Crippen molar-refractivity contribution in [2.75, 3.05) is 0 Å². The zero-order valence-corrected chi connectivity index (χ0v) is 10.9. The van der Waals surface area contributed by atoms with Crippen LogP contribution in [0.3, 0.4) is 0 Å². The molecule has 0 fully saturated rings. The Kier molecular flexibility index (Phi) is 3.01. The molecule has 0 spiro atoms. The summed E-state index contributed by atoms with van der Waals surface area (Å²) in [7, 11) is 0. The van der Waals surface area contributed by atoms with Crippen LogP contribution in [0.2, 0.25) is 0 Å². The molecule has 0 unspecified atom stereocenters. The van der Waals surface area contributed by atoms with E-state index in [-0.39, 0.29) is 0 Å². The van der Waals surface area contributed by atoms with Crippen molar-refractivity contribution in [2.45, 2.75) is 13.8 Å². The third-order valence-corrected chi connectivity index (χ3v) is 3.14. The van der Waals surface area contributed by atoms with E-state index < -0.39 is 0 Å². The second-order valence-corrected chi connectivity index (χ2v) is 4.90. The Balaban J connectivity index is 2.66. The van der Waals surface area contributed by atoms with Gasteiger partial charge in [-0.2, -0.15) is 0 Å². The summed E-state index contributed by atoms with van der Waals surface area (Å²) in [6.07, 6.45) is 0. The van der Waals surface area contributed by atoms with Crippen LogP contribution >= 0.6 is 15.9 Å². The Bertz CT molecular complexity index is 483. The van der Waals surface area contributed by atoms with Gasteiger partial charge < -0.3 is 5.11 Å². The Morgan fingerprint density at radius 2 is 1.69 bits per heavy atom. The van der Waals surface area contributed by atoms with Gasteiger partial charge in [0.2, 0.25) is 0 Å². The Labute approximate surface area is 104 Å². The SMILES string of the molecule is Cc1ccc(O)c(-c2cc(Br)ccc2C)c1. The summed E-state index contributed by atoms with van der Waals surface area (Å²) in [5, 5.41) is 9.89. The molecule has 2 aromatic rings. The van der Waals surface area contributed by atoms with Gasteiger partial charge >= 0.3 is 0 Å². The maximum absolute atomic E-state index is 9.89. The monoisotopic (exact) mass is 276 g/mol. The molecule has 0 saturated heterocycles. The van der Waals surface area contributed by atoms with E-state index in [0.717, 1.165) is 26.7 Å². The molecule has 82 valence electrons. The highest BCUT2D eigenvalue weighted by molar-refractivity contribution is 9.10. The molecule has 2 aromatic carbocycles. The van der Waals surface area contributed by atoms with Crippen molar-refractivity contribution in [1.82, 2.24) is 0 Å². The first kappa shape index (κ1) is 11.2. The Morgan fingerprint density at radius 3 is 2.44 bits per heavy atom. The zero-order chi connectivity index (χ0) is 11.7. The summed E-state index contributed by atoms with van der Waals surface area (Å²) in [6, 6.07) is 11.7. The van der Waals surface area contributed by atoms with Gasteiger partial charge in [0.1, 0.15) is 5.75 Å². The van der Waals surface area contributed by atoms with Gasteiger partial charge in [-0.3, -0.25) is 0 Å². The molecule has 0 atom stereocenters. The fraction of sp³-hybridized carbons (Fsp3) is 0.143. The lowest BCUT2D eigenvalue weighted by molar-refractivity contribution is 0.477. The molecule has 1 nitrogen and oxygen atoms in total. The topological polar surface area (TPSA) is 20.2 Å². The average molecular weight is 277 g/mol. The van der Waals surface area contributed by atoms with Gasteiger partial charge in [0.15, 0.2) is 0 Å². The van der Waals surface area contributed by atoms with Crippen molar-refractivity contribution < 1.29 is 5.11 Å². The van der Waals surface area contributed by atoms with E-state index in [1.165, 1.54) is 0 Å². The first-order valence-electron chi connectivity index (χ1n) is 5.14. The molecule has 0 aliphatic heterocycles. The Morgan fingerprint density at radius 1 is 0.938 bits per heavy atom. The molecule has 0 saturated carbocycles. The first-order valence-corrected chi connectivity index (χ1v) is 5.93. The van der Waals surface area contributed by atoms with Crippen LogP contribution in [0.1, 0.15) is 11.1 Å². The molecule has 0 bridgehead atoms. The number of aryl methyl sites for hydroxylation is 2. The van der Waals surface area contributed by atoms with Crippen LogP contribution in [0.4, 0.5) is 0 Å². The standard InChI is InChI=1S/C14H13BrO/c1-9-3-6-14(16)13(7-9)12-8-11(15)5-4-10(12)2/h3-8,16H,1-2H3. The summed E-state index contributed by atoms with van der Waals surface area (Å²) < 4.78 is 1.02. The summed E-state index contributed by atoms with van der Waals surface area (Å²) in [4.78, 5) is 0. The minimum atomic E-state index is 0.326. The van der Waals surface area contributed by atoms with Gasteiger partial charge in [0, 0.05) is 10.0 Å². The molecular weight excluding hydrogens is 264 g/mol. The number of hydrogen-bond acceptors (Lipinski definition) is 1. The summed E-state index contributed by atoms with van der Waals surface area (Å²) in [6.45, 7) is 4.07. The molecule has 2 rings (SSSR count). The summed E-state index contributed by atoms with van der Waals surface area (Å²) >= 11 is 3.46. The first-order chi connectivity index (χ1) is 7.58. The number of benzene rings is 2. The van der Waals surface area contributed by atoms with E-state index in [1.807, 2.05) is 44.2 Å². The third kappa shape index (κ3) is 2.12. The van der Waals surface area contributed by atoms with Gasteiger partial charge in [-0.15, -0.1) is 0 Å². The van der Waals surface area contributed by atoms with Crippen LogP contribution < -0.4 is 0 Å². The highest BCUT2D eigenvalue weighted by Crippen LogP contribution is 2.33. The van der Waals surface area contributed by atoms with Crippen LogP contribution in [-0.4, -0.2) is 5.11 Å². The molecule has 0 aliphatic carbocycles. The van der Waals surface area contributed by atoms with E-state index in [2.05, 4.69) is 15.9 Å². The van der Waals surface area contributed by atoms with Crippen molar-refractivity contribution in [1.29, 1.82) is 0 Å². The maximum atomic E-state index is 9.89.